The number of methoxy groups -OCH3 is 2. The molecule has 0 spiro atoms. The summed E-state index contributed by atoms with van der Waals surface area (Å²) in [7, 11) is 7.61. The molecule has 4 heterocycles. The summed E-state index contributed by atoms with van der Waals surface area (Å²) >= 11 is 0. The van der Waals surface area contributed by atoms with E-state index in [1.54, 1.807) is 24.3 Å². The molecule has 14 heteroatoms. The molecule has 4 aromatic carbocycles. The van der Waals surface area contributed by atoms with Gasteiger partial charge in [-0.1, -0.05) is 72.8 Å². The first kappa shape index (κ1) is 41.3. The van der Waals surface area contributed by atoms with Crippen LogP contribution in [0.5, 0.6) is 11.5 Å². The molecule has 2 atom stereocenters. The summed E-state index contributed by atoms with van der Waals surface area (Å²) in [6.07, 6.45) is 1.51. The lowest BCUT2D eigenvalue weighted by Gasteiger charge is -2.50. The number of hydrogen-bond acceptors (Lipinski definition) is 14. The van der Waals surface area contributed by atoms with Crippen molar-refractivity contribution in [2.75, 3.05) is 90.8 Å². The zero-order valence-corrected chi connectivity index (χ0v) is 35.1. The lowest BCUT2D eigenvalue weighted by molar-refractivity contribution is -0.151. The highest BCUT2D eigenvalue weighted by molar-refractivity contribution is 5.92. The van der Waals surface area contributed by atoms with E-state index < -0.39 is 24.5 Å². The van der Waals surface area contributed by atoms with Gasteiger partial charge in [0.1, 0.15) is 11.5 Å². The van der Waals surface area contributed by atoms with Gasteiger partial charge < -0.3 is 28.9 Å². The minimum atomic E-state index is -0.688. The van der Waals surface area contributed by atoms with E-state index in [4.69, 9.17) is 19.1 Å². The van der Waals surface area contributed by atoms with Gasteiger partial charge in [-0.25, -0.2) is 9.59 Å². The normalized spacial score (nSPS) is 21.1. The fourth-order valence-electron chi connectivity index (χ4n) is 8.69. The Morgan fingerprint density at radius 3 is 1.30 bits per heavy atom. The molecule has 4 aromatic rings. The van der Waals surface area contributed by atoms with Crippen molar-refractivity contribution in [1.82, 2.24) is 29.4 Å². The summed E-state index contributed by atoms with van der Waals surface area (Å²) in [5, 5.41) is 3.41. The molecule has 4 aliphatic heterocycles. The minimum absolute atomic E-state index is 0.411. The number of nitrogens with zero attached hydrogens (tertiary/aromatic N) is 8. The maximum Gasteiger partial charge on any atom is 0.356 e. The molecule has 0 N–H and O–H groups in total. The van der Waals surface area contributed by atoms with Gasteiger partial charge in [-0.05, 0) is 49.5 Å². The average molecular weight is 817 g/mol. The number of para-hydroxylation sites is 4. The monoisotopic (exact) mass is 816 g/mol. The third-order valence-electron chi connectivity index (χ3n) is 11.9. The molecule has 0 radical (unpaired) electrons. The lowest BCUT2D eigenvalue weighted by atomic mass is 10.1. The van der Waals surface area contributed by atoms with E-state index in [-0.39, 0.29) is 0 Å². The Kier molecular flexibility index (Phi) is 13.0. The van der Waals surface area contributed by atoms with Crippen LogP contribution in [-0.2, 0) is 45.4 Å². The Morgan fingerprint density at radius 2 is 0.900 bits per heavy atom. The van der Waals surface area contributed by atoms with E-state index in [1.165, 1.54) is 12.2 Å². The topological polar surface area (TPSA) is 97.0 Å². The van der Waals surface area contributed by atoms with Crippen LogP contribution in [0, 0.1) is 0 Å². The summed E-state index contributed by atoms with van der Waals surface area (Å²) in [6, 6.07) is 32.0. The standard InChI is InChI=1S/C46H56N8O6/c1-47-23-27-49(28-24-47)45-51(33-37-15-7-11-19-41(37)57-3)31-35-13-5-9-17-39(35)53(45)59-43(55)21-22-44(56)60-54-40-18-10-6-14-36(40)32-52(34-38-16-8-12-20-42(38)58-4)46(54)50-29-25-48(2)26-30-50/h5-22,45-46H,23-34H2,1-4H3/b22-21+. The highest BCUT2D eigenvalue weighted by Gasteiger charge is 2.42. The van der Waals surface area contributed by atoms with Crippen LogP contribution in [0.3, 0.4) is 0 Å². The summed E-state index contributed by atoms with van der Waals surface area (Å²) in [5.74, 6) is 0.222. The number of piperazine rings is 2. The summed E-state index contributed by atoms with van der Waals surface area (Å²) < 4.78 is 11.5. The van der Waals surface area contributed by atoms with Gasteiger partial charge in [0.25, 0.3) is 0 Å². The van der Waals surface area contributed by atoms with E-state index in [9.17, 15) is 9.59 Å². The number of carbonyl (C=O) groups excluding carboxylic acids is 2. The summed E-state index contributed by atoms with van der Waals surface area (Å²) in [5.41, 5.74) is 5.70. The fourth-order valence-corrected chi connectivity index (χ4v) is 8.69. The second-order valence-corrected chi connectivity index (χ2v) is 15.9. The molecule has 8 rings (SSSR count). The predicted octanol–water partition coefficient (Wildman–Crippen LogP) is 4.58. The van der Waals surface area contributed by atoms with E-state index >= 15 is 0 Å². The van der Waals surface area contributed by atoms with Crippen LogP contribution in [-0.4, -0.2) is 135 Å². The number of anilines is 2. The van der Waals surface area contributed by atoms with Gasteiger partial charge in [-0.15, -0.1) is 0 Å². The smallest absolute Gasteiger partial charge is 0.356 e. The number of rotatable bonds is 12. The van der Waals surface area contributed by atoms with Crippen molar-refractivity contribution in [1.29, 1.82) is 0 Å². The third kappa shape index (κ3) is 9.14. The maximum absolute atomic E-state index is 13.9. The Bertz CT molecular complexity index is 1990. The molecule has 0 aromatic heterocycles. The van der Waals surface area contributed by atoms with Crippen molar-refractivity contribution in [3.05, 3.63) is 131 Å². The largest absolute Gasteiger partial charge is 0.496 e. The number of carbonyl (C=O) groups is 2. The maximum atomic E-state index is 13.9. The van der Waals surface area contributed by atoms with E-state index in [1.807, 2.05) is 72.8 Å². The highest BCUT2D eigenvalue weighted by atomic mass is 16.7. The Morgan fingerprint density at radius 1 is 0.533 bits per heavy atom. The minimum Gasteiger partial charge on any atom is -0.496 e. The number of fused-ring (bicyclic) bond motifs is 2. The molecule has 0 aliphatic carbocycles. The molecule has 0 saturated carbocycles. The van der Waals surface area contributed by atoms with Crippen molar-refractivity contribution in [2.24, 2.45) is 0 Å². The molecule has 60 heavy (non-hydrogen) atoms. The molecular formula is C46H56N8O6. The van der Waals surface area contributed by atoms with Gasteiger partial charge in [0, 0.05) is 102 Å². The van der Waals surface area contributed by atoms with Crippen LogP contribution < -0.4 is 19.6 Å². The highest BCUT2D eigenvalue weighted by Crippen LogP contribution is 2.37. The number of hydrogen-bond donors (Lipinski definition) is 0. The van der Waals surface area contributed by atoms with Crippen molar-refractivity contribution < 1.29 is 28.7 Å². The van der Waals surface area contributed by atoms with Crippen molar-refractivity contribution in [3.63, 3.8) is 0 Å². The quantitative estimate of drug-likeness (QED) is 0.187. The lowest BCUT2D eigenvalue weighted by Crippen LogP contribution is -2.64. The molecule has 14 nitrogen and oxygen atoms in total. The molecule has 0 bridgehead atoms. The van der Waals surface area contributed by atoms with Gasteiger partial charge in [0.2, 0.25) is 0 Å². The van der Waals surface area contributed by atoms with Crippen molar-refractivity contribution in [3.8, 4) is 11.5 Å². The van der Waals surface area contributed by atoms with Crippen LogP contribution >= 0.6 is 0 Å². The first-order valence-corrected chi connectivity index (χ1v) is 20.7. The number of hydroxylamine groups is 2. The zero-order chi connectivity index (χ0) is 41.6. The van der Waals surface area contributed by atoms with Crippen molar-refractivity contribution >= 4 is 23.3 Å². The van der Waals surface area contributed by atoms with Gasteiger partial charge in [-0.3, -0.25) is 19.6 Å². The van der Waals surface area contributed by atoms with E-state index in [0.29, 0.717) is 26.2 Å². The van der Waals surface area contributed by atoms with Crippen LogP contribution in [0.4, 0.5) is 11.4 Å². The second-order valence-electron chi connectivity index (χ2n) is 15.9. The number of ether oxygens (including phenoxy) is 2. The number of benzene rings is 4. The van der Waals surface area contributed by atoms with Gasteiger partial charge in [-0.2, -0.15) is 10.1 Å². The van der Waals surface area contributed by atoms with Crippen LogP contribution in [0.25, 0.3) is 0 Å². The van der Waals surface area contributed by atoms with E-state index in [2.05, 4.69) is 67.8 Å². The third-order valence-corrected chi connectivity index (χ3v) is 11.9. The molecule has 2 fully saturated rings. The van der Waals surface area contributed by atoms with Gasteiger partial charge >= 0.3 is 11.9 Å². The Balaban J connectivity index is 1.05. The average Bonchev–Trinajstić information content (AvgIpc) is 3.27. The molecular weight excluding hydrogens is 761 g/mol. The van der Waals surface area contributed by atoms with Crippen LogP contribution in [0.15, 0.2) is 109 Å². The SMILES string of the molecule is COc1ccccc1CN1Cc2ccccc2N(OC(=O)/C=C/C(=O)ON2c3ccccc3CN(Cc3ccccc3OC)C2N2CCN(C)CC2)C1N1CCN(C)CC1. The molecule has 2 saturated heterocycles. The van der Waals surface area contributed by atoms with Crippen molar-refractivity contribution in [2.45, 2.75) is 38.8 Å². The first-order chi connectivity index (χ1) is 29.3. The molecule has 4 aliphatic rings. The van der Waals surface area contributed by atoms with Gasteiger partial charge in [0.15, 0.2) is 12.6 Å². The number of likely N-dealkylation sites (N-methyl/N-ethyl adjacent to an activating group) is 2. The zero-order valence-electron chi connectivity index (χ0n) is 35.1. The Labute approximate surface area is 353 Å². The molecule has 0 amide bonds. The predicted molar refractivity (Wildman–Crippen MR) is 229 cm³/mol. The Hall–Kier alpha value is -5.48. The van der Waals surface area contributed by atoms with Gasteiger partial charge in [0.05, 0.1) is 25.6 Å². The summed E-state index contributed by atoms with van der Waals surface area (Å²) in [6.45, 7) is 9.02. The van der Waals surface area contributed by atoms with Crippen LogP contribution in [0.1, 0.15) is 22.3 Å². The second kappa shape index (κ2) is 18.8. The molecule has 2 unspecified atom stereocenters. The summed E-state index contributed by atoms with van der Waals surface area (Å²) in [4.78, 5) is 54.4. The molecule has 316 valence electrons. The van der Waals surface area contributed by atoms with E-state index in [0.717, 1.165) is 97.5 Å². The van der Waals surface area contributed by atoms with Crippen LogP contribution in [0.2, 0.25) is 0 Å². The first-order valence-electron chi connectivity index (χ1n) is 20.7. The fraction of sp³-hybridized carbons (Fsp3) is 0.391.